The van der Waals surface area contributed by atoms with E-state index in [-0.39, 0.29) is 5.75 Å². The number of hydrogen-bond acceptors (Lipinski definition) is 2. The van der Waals surface area contributed by atoms with Crippen LogP contribution in [0.15, 0.2) is 24.5 Å². The zero-order valence-electron chi connectivity index (χ0n) is 14.0. The van der Waals surface area contributed by atoms with Crippen molar-refractivity contribution < 1.29 is 17.9 Å². The molecule has 0 saturated carbocycles. The van der Waals surface area contributed by atoms with Gasteiger partial charge in [-0.1, -0.05) is 30.1 Å². The summed E-state index contributed by atoms with van der Waals surface area (Å²) < 4.78 is 41.4. The number of nitrogens with zero attached hydrogens (tertiary/aromatic N) is 1. The van der Waals surface area contributed by atoms with E-state index in [4.69, 9.17) is 23.2 Å². The second kappa shape index (κ2) is 7.00. The van der Waals surface area contributed by atoms with E-state index in [0.29, 0.717) is 34.0 Å². The van der Waals surface area contributed by atoms with Crippen molar-refractivity contribution in [1.82, 2.24) is 9.97 Å². The largest absolute Gasteiger partial charge is 0.573 e. The molecule has 2 aromatic heterocycles. The van der Waals surface area contributed by atoms with Gasteiger partial charge in [0.1, 0.15) is 5.75 Å². The number of pyridine rings is 1. The van der Waals surface area contributed by atoms with Crippen molar-refractivity contribution in [2.75, 3.05) is 0 Å². The number of aryl methyl sites for hydroxylation is 2. The molecule has 2 heterocycles. The van der Waals surface area contributed by atoms with E-state index in [0.717, 1.165) is 22.2 Å². The molecule has 26 heavy (non-hydrogen) atoms. The molecule has 0 aliphatic rings. The van der Waals surface area contributed by atoms with Crippen LogP contribution in [0, 0.1) is 6.92 Å². The molecule has 3 aromatic rings. The standard InChI is InChI=1S/C18H15Cl2F3N2O/c1-3-14-17(20)12(13(19)8-25-14)5-10-7-24-15-6-11(26-18(21,22)23)4-9(2)16(10)15/h4,6-8,24H,3,5H2,1-2H3. The third-order valence-electron chi connectivity index (χ3n) is 4.11. The van der Waals surface area contributed by atoms with Gasteiger partial charge in [0.05, 0.1) is 15.7 Å². The summed E-state index contributed by atoms with van der Waals surface area (Å²) in [5.41, 5.74) is 3.60. The highest BCUT2D eigenvalue weighted by Gasteiger charge is 2.31. The lowest BCUT2D eigenvalue weighted by molar-refractivity contribution is -0.274. The molecule has 0 radical (unpaired) electrons. The maximum Gasteiger partial charge on any atom is 0.573 e. The molecule has 3 nitrogen and oxygen atoms in total. The fourth-order valence-corrected chi connectivity index (χ4v) is 3.62. The van der Waals surface area contributed by atoms with Gasteiger partial charge in [-0.3, -0.25) is 4.98 Å². The number of rotatable bonds is 4. The van der Waals surface area contributed by atoms with Crippen LogP contribution >= 0.6 is 23.2 Å². The highest BCUT2D eigenvalue weighted by atomic mass is 35.5. The minimum atomic E-state index is -4.73. The van der Waals surface area contributed by atoms with Crippen LogP contribution < -0.4 is 4.74 Å². The van der Waals surface area contributed by atoms with Gasteiger partial charge >= 0.3 is 6.36 Å². The third-order valence-corrected chi connectivity index (χ3v) is 4.88. The topological polar surface area (TPSA) is 37.9 Å². The number of alkyl halides is 3. The summed E-state index contributed by atoms with van der Waals surface area (Å²) >= 11 is 12.7. The van der Waals surface area contributed by atoms with Gasteiger partial charge in [-0.15, -0.1) is 13.2 Å². The van der Waals surface area contributed by atoms with E-state index in [1.165, 1.54) is 12.1 Å². The predicted octanol–water partition coefficient (Wildman–Crippen LogP) is 6.23. The quantitative estimate of drug-likeness (QED) is 0.561. The molecule has 0 amide bonds. The zero-order valence-corrected chi connectivity index (χ0v) is 15.5. The van der Waals surface area contributed by atoms with Crippen molar-refractivity contribution in [3.05, 3.63) is 57.0 Å². The summed E-state index contributed by atoms with van der Waals surface area (Å²) in [4.78, 5) is 7.21. The van der Waals surface area contributed by atoms with Gasteiger partial charge in [-0.05, 0) is 36.1 Å². The van der Waals surface area contributed by atoms with E-state index < -0.39 is 6.36 Å². The number of benzene rings is 1. The van der Waals surface area contributed by atoms with Crippen LogP contribution in [0.5, 0.6) is 5.75 Å². The van der Waals surface area contributed by atoms with Crippen molar-refractivity contribution in [2.24, 2.45) is 0 Å². The monoisotopic (exact) mass is 402 g/mol. The second-order valence-corrected chi connectivity index (χ2v) is 6.69. The Balaban J connectivity index is 2.03. The molecule has 0 bridgehead atoms. The van der Waals surface area contributed by atoms with Crippen molar-refractivity contribution in [3.63, 3.8) is 0 Å². The molecule has 8 heteroatoms. The summed E-state index contributed by atoms with van der Waals surface area (Å²) in [6.45, 7) is 3.68. The first-order chi connectivity index (χ1) is 12.2. The number of aromatic amines is 1. The molecule has 1 aromatic carbocycles. The summed E-state index contributed by atoms with van der Waals surface area (Å²) in [7, 11) is 0. The first-order valence-electron chi connectivity index (χ1n) is 7.87. The van der Waals surface area contributed by atoms with Gasteiger partial charge in [0.15, 0.2) is 0 Å². The summed E-state index contributed by atoms with van der Waals surface area (Å²) in [6, 6.07) is 2.69. The molecule has 0 aliphatic heterocycles. The average Bonchev–Trinajstić information content (AvgIpc) is 2.93. The Hall–Kier alpha value is -1.92. The Morgan fingerprint density at radius 1 is 1.23 bits per heavy atom. The van der Waals surface area contributed by atoms with Crippen molar-refractivity contribution >= 4 is 34.1 Å². The van der Waals surface area contributed by atoms with E-state index in [9.17, 15) is 13.2 Å². The normalized spacial score (nSPS) is 12.0. The summed E-state index contributed by atoms with van der Waals surface area (Å²) in [5.74, 6) is -0.260. The van der Waals surface area contributed by atoms with Crippen LogP contribution in [0.25, 0.3) is 10.9 Å². The predicted molar refractivity (Wildman–Crippen MR) is 96.2 cm³/mol. The third kappa shape index (κ3) is 3.76. The number of nitrogens with one attached hydrogen (secondary N) is 1. The van der Waals surface area contributed by atoms with Gasteiger partial charge in [0.2, 0.25) is 0 Å². The lowest BCUT2D eigenvalue weighted by atomic mass is 10.0. The molecule has 1 N–H and O–H groups in total. The van der Waals surface area contributed by atoms with Gasteiger partial charge < -0.3 is 9.72 Å². The van der Waals surface area contributed by atoms with E-state index in [2.05, 4.69) is 14.7 Å². The van der Waals surface area contributed by atoms with Crippen molar-refractivity contribution in [3.8, 4) is 5.75 Å². The Bertz CT molecular complexity index is 967. The van der Waals surface area contributed by atoms with E-state index in [1.54, 1.807) is 19.3 Å². The lowest BCUT2D eigenvalue weighted by Crippen LogP contribution is -2.17. The molecular weight excluding hydrogens is 388 g/mol. The minimum absolute atomic E-state index is 0.260. The Morgan fingerprint density at radius 3 is 2.62 bits per heavy atom. The van der Waals surface area contributed by atoms with Crippen LogP contribution in [0.4, 0.5) is 13.2 Å². The molecule has 0 unspecified atom stereocenters. The fraction of sp³-hybridized carbons (Fsp3) is 0.278. The SMILES string of the molecule is CCc1ncc(Cl)c(Cc2c[nH]c3cc(OC(F)(F)F)cc(C)c23)c1Cl. The van der Waals surface area contributed by atoms with Crippen molar-refractivity contribution in [1.29, 1.82) is 0 Å². The van der Waals surface area contributed by atoms with Crippen molar-refractivity contribution in [2.45, 2.75) is 33.1 Å². The maximum absolute atomic E-state index is 12.5. The smallest absolute Gasteiger partial charge is 0.406 e. The molecular formula is C18H15Cl2F3N2O. The van der Waals surface area contributed by atoms with E-state index in [1.807, 2.05) is 6.92 Å². The zero-order chi connectivity index (χ0) is 19.1. The van der Waals surface area contributed by atoms with Crippen LogP contribution in [-0.4, -0.2) is 16.3 Å². The van der Waals surface area contributed by atoms with E-state index >= 15 is 0 Å². The summed E-state index contributed by atoms with van der Waals surface area (Å²) in [5, 5.41) is 1.79. The average molecular weight is 403 g/mol. The molecule has 0 atom stereocenters. The Labute approximate surface area is 158 Å². The first-order valence-corrected chi connectivity index (χ1v) is 8.63. The molecule has 0 saturated heterocycles. The molecule has 138 valence electrons. The summed E-state index contributed by atoms with van der Waals surface area (Å²) in [6.07, 6.45) is -0.307. The highest BCUT2D eigenvalue weighted by molar-refractivity contribution is 6.36. The Morgan fingerprint density at radius 2 is 1.96 bits per heavy atom. The van der Waals surface area contributed by atoms with Gasteiger partial charge in [0.25, 0.3) is 0 Å². The number of fused-ring (bicyclic) bond motifs is 1. The van der Waals surface area contributed by atoms with Gasteiger partial charge in [-0.25, -0.2) is 0 Å². The maximum atomic E-state index is 12.5. The van der Waals surface area contributed by atoms with Crippen LogP contribution in [0.3, 0.4) is 0 Å². The number of hydrogen-bond donors (Lipinski definition) is 1. The van der Waals surface area contributed by atoms with Crippen LogP contribution in [0.1, 0.15) is 29.3 Å². The second-order valence-electron chi connectivity index (χ2n) is 5.90. The van der Waals surface area contributed by atoms with Gasteiger partial charge in [0, 0.05) is 35.8 Å². The molecule has 3 rings (SSSR count). The molecule has 0 fully saturated rings. The van der Waals surface area contributed by atoms with Crippen LogP contribution in [0.2, 0.25) is 10.0 Å². The van der Waals surface area contributed by atoms with Crippen LogP contribution in [-0.2, 0) is 12.8 Å². The molecule has 0 spiro atoms. The number of aromatic nitrogens is 2. The number of halogens is 5. The lowest BCUT2D eigenvalue weighted by Gasteiger charge is -2.12. The minimum Gasteiger partial charge on any atom is -0.406 e. The molecule has 0 aliphatic carbocycles. The number of ether oxygens (including phenoxy) is 1. The Kier molecular flexibility index (Phi) is 5.08. The highest BCUT2D eigenvalue weighted by Crippen LogP contribution is 2.34. The first kappa shape index (κ1) is 18.9. The van der Waals surface area contributed by atoms with Gasteiger partial charge in [-0.2, -0.15) is 0 Å². The number of H-pyrrole nitrogens is 1. The fourth-order valence-electron chi connectivity index (χ4n) is 3.01.